The van der Waals surface area contributed by atoms with E-state index in [0.717, 1.165) is 5.56 Å². The zero-order chi connectivity index (χ0) is 16.2. The summed E-state index contributed by atoms with van der Waals surface area (Å²) in [4.78, 5) is 16.2. The first kappa shape index (κ1) is 16.2. The molecule has 0 bridgehead atoms. The van der Waals surface area contributed by atoms with Gasteiger partial charge in [0.15, 0.2) is 9.84 Å². The van der Waals surface area contributed by atoms with Gasteiger partial charge in [-0.25, -0.2) is 13.4 Å². The van der Waals surface area contributed by atoms with Gasteiger partial charge in [-0.3, -0.25) is 9.20 Å². The third-order valence-electron chi connectivity index (χ3n) is 3.24. The van der Waals surface area contributed by atoms with Crippen LogP contribution in [0.2, 0.25) is 0 Å². The Morgan fingerprint density at radius 3 is 2.82 bits per heavy atom. The van der Waals surface area contributed by atoms with Crippen LogP contribution < -0.4 is 5.56 Å². The first-order valence-corrected chi connectivity index (χ1v) is 8.80. The van der Waals surface area contributed by atoms with Crippen LogP contribution in [0.3, 0.4) is 0 Å². The van der Waals surface area contributed by atoms with Crippen molar-refractivity contribution in [2.45, 2.75) is 31.9 Å². The van der Waals surface area contributed by atoms with Gasteiger partial charge < -0.3 is 0 Å². The highest BCUT2D eigenvalue weighted by atomic mass is 32.2. The molecular formula is C15H17N3O3S. The van der Waals surface area contributed by atoms with Crippen molar-refractivity contribution in [1.82, 2.24) is 9.38 Å². The summed E-state index contributed by atoms with van der Waals surface area (Å²) in [6, 6.07) is 6.78. The lowest BCUT2D eigenvalue weighted by molar-refractivity contribution is 0.590. The molecule has 0 unspecified atom stereocenters. The van der Waals surface area contributed by atoms with Gasteiger partial charge in [0.1, 0.15) is 5.65 Å². The Bertz CT molecular complexity index is 879. The first-order valence-electron chi connectivity index (χ1n) is 6.97. The smallest absolute Gasteiger partial charge is 0.258 e. The molecule has 116 valence electrons. The van der Waals surface area contributed by atoms with Gasteiger partial charge in [-0.15, -0.1) is 0 Å². The average molecular weight is 319 g/mol. The lowest BCUT2D eigenvalue weighted by Gasteiger charge is -2.06. The standard InChI is InChI=1S/C15H17N3O3S/c1-12-5-7-18-14(9-12)17-13(10-15(18)19)11-22(20,21)8-4-2-3-6-16/h5,7,9-10H,2-4,8,11H2,1H3. The molecule has 2 heterocycles. The Hall–Kier alpha value is -2.20. The second-order valence-electron chi connectivity index (χ2n) is 5.23. The van der Waals surface area contributed by atoms with Gasteiger partial charge in [0.05, 0.1) is 23.3 Å². The van der Waals surface area contributed by atoms with Crippen LogP contribution in [-0.2, 0) is 15.6 Å². The van der Waals surface area contributed by atoms with Gasteiger partial charge in [0.25, 0.3) is 5.56 Å². The maximum absolute atomic E-state index is 12.0. The van der Waals surface area contributed by atoms with Gasteiger partial charge in [0, 0.05) is 18.7 Å². The molecule has 22 heavy (non-hydrogen) atoms. The predicted octanol–water partition coefficient (Wildman–Crippen LogP) is 1.61. The number of pyridine rings is 1. The first-order chi connectivity index (χ1) is 10.4. The third kappa shape index (κ3) is 4.15. The molecule has 0 aliphatic rings. The molecule has 0 saturated heterocycles. The van der Waals surface area contributed by atoms with Crippen LogP contribution in [0, 0.1) is 18.3 Å². The Balaban J connectivity index is 2.21. The summed E-state index contributed by atoms with van der Waals surface area (Å²) in [5, 5.41) is 8.44. The largest absolute Gasteiger partial charge is 0.269 e. The third-order valence-corrected chi connectivity index (χ3v) is 4.88. The van der Waals surface area contributed by atoms with Crippen LogP contribution in [-0.4, -0.2) is 23.6 Å². The fourth-order valence-corrected chi connectivity index (χ4v) is 3.54. The summed E-state index contributed by atoms with van der Waals surface area (Å²) >= 11 is 0. The number of sulfone groups is 1. The van der Waals surface area contributed by atoms with Crippen molar-refractivity contribution in [2.75, 3.05) is 5.75 Å². The summed E-state index contributed by atoms with van der Waals surface area (Å²) in [6.07, 6.45) is 2.98. The summed E-state index contributed by atoms with van der Waals surface area (Å²) in [7, 11) is -3.33. The normalized spacial score (nSPS) is 11.5. The van der Waals surface area contributed by atoms with Gasteiger partial charge in [-0.1, -0.05) is 0 Å². The van der Waals surface area contributed by atoms with Gasteiger partial charge in [0.2, 0.25) is 0 Å². The van der Waals surface area contributed by atoms with E-state index in [2.05, 4.69) is 4.98 Å². The summed E-state index contributed by atoms with van der Waals surface area (Å²) < 4.78 is 25.5. The van der Waals surface area contributed by atoms with E-state index in [1.54, 1.807) is 18.3 Å². The van der Waals surface area contributed by atoms with Crippen molar-refractivity contribution in [3.8, 4) is 6.07 Å². The molecular weight excluding hydrogens is 302 g/mol. The Morgan fingerprint density at radius 2 is 2.09 bits per heavy atom. The zero-order valence-corrected chi connectivity index (χ0v) is 13.1. The minimum absolute atomic E-state index is 0.00352. The number of unbranched alkanes of at least 4 members (excludes halogenated alkanes) is 2. The van der Waals surface area contributed by atoms with E-state index in [-0.39, 0.29) is 22.8 Å². The second kappa shape index (κ2) is 6.71. The summed E-state index contributed by atoms with van der Waals surface area (Å²) in [5.41, 5.74) is 1.36. The molecule has 2 rings (SSSR count). The van der Waals surface area contributed by atoms with Crippen LogP contribution in [0.15, 0.2) is 29.2 Å². The summed E-state index contributed by atoms with van der Waals surface area (Å²) in [5.74, 6) is -0.247. The lowest BCUT2D eigenvalue weighted by Crippen LogP contribution is -2.18. The quantitative estimate of drug-likeness (QED) is 0.754. The molecule has 0 spiro atoms. The highest BCUT2D eigenvalue weighted by Gasteiger charge is 2.14. The van der Waals surface area contributed by atoms with Crippen molar-refractivity contribution in [2.24, 2.45) is 0 Å². The second-order valence-corrected chi connectivity index (χ2v) is 7.41. The van der Waals surface area contributed by atoms with Crippen molar-refractivity contribution in [3.05, 3.63) is 46.0 Å². The molecule has 7 heteroatoms. The molecule has 0 atom stereocenters. The lowest BCUT2D eigenvalue weighted by atomic mass is 10.3. The van der Waals surface area contributed by atoms with E-state index in [4.69, 9.17) is 5.26 Å². The molecule has 0 aliphatic carbocycles. The van der Waals surface area contributed by atoms with Crippen molar-refractivity contribution in [1.29, 1.82) is 5.26 Å². The number of aromatic nitrogens is 2. The Kier molecular flexibility index (Phi) is 4.93. The average Bonchev–Trinajstić information content (AvgIpc) is 2.42. The van der Waals surface area contributed by atoms with E-state index >= 15 is 0 Å². The fraction of sp³-hybridized carbons (Fsp3) is 0.400. The molecule has 0 radical (unpaired) electrons. The number of fused-ring (bicyclic) bond motifs is 1. The highest BCUT2D eigenvalue weighted by Crippen LogP contribution is 2.08. The minimum atomic E-state index is -3.33. The van der Waals surface area contributed by atoms with Crippen LogP contribution >= 0.6 is 0 Å². The van der Waals surface area contributed by atoms with Gasteiger partial charge >= 0.3 is 0 Å². The monoisotopic (exact) mass is 319 g/mol. The number of hydrogen-bond donors (Lipinski definition) is 0. The van der Waals surface area contributed by atoms with Crippen LogP contribution in [0.1, 0.15) is 30.5 Å². The molecule has 2 aromatic heterocycles. The summed E-state index contributed by atoms with van der Waals surface area (Å²) in [6.45, 7) is 1.88. The Morgan fingerprint density at radius 1 is 1.32 bits per heavy atom. The van der Waals surface area contributed by atoms with E-state index in [9.17, 15) is 13.2 Å². The predicted molar refractivity (Wildman–Crippen MR) is 83.2 cm³/mol. The fourth-order valence-electron chi connectivity index (χ4n) is 2.15. The van der Waals surface area contributed by atoms with E-state index in [0.29, 0.717) is 24.9 Å². The van der Waals surface area contributed by atoms with Gasteiger partial charge in [-0.05, 0) is 37.5 Å². The molecule has 0 aromatic carbocycles. The number of nitriles is 1. The maximum Gasteiger partial charge on any atom is 0.258 e. The van der Waals surface area contributed by atoms with Crippen LogP contribution in [0.25, 0.3) is 5.65 Å². The van der Waals surface area contributed by atoms with Gasteiger partial charge in [-0.2, -0.15) is 5.26 Å². The highest BCUT2D eigenvalue weighted by molar-refractivity contribution is 7.90. The van der Waals surface area contributed by atoms with E-state index in [1.165, 1.54) is 10.5 Å². The topological polar surface area (TPSA) is 92.3 Å². The Labute approximate surface area is 129 Å². The molecule has 2 aromatic rings. The zero-order valence-electron chi connectivity index (χ0n) is 12.3. The number of aryl methyl sites for hydroxylation is 1. The number of rotatable bonds is 6. The van der Waals surface area contributed by atoms with Crippen molar-refractivity contribution in [3.63, 3.8) is 0 Å². The van der Waals surface area contributed by atoms with E-state index < -0.39 is 9.84 Å². The molecule has 6 nitrogen and oxygen atoms in total. The van der Waals surface area contributed by atoms with E-state index in [1.807, 2.05) is 13.0 Å². The van der Waals surface area contributed by atoms with Crippen LogP contribution in [0.5, 0.6) is 0 Å². The minimum Gasteiger partial charge on any atom is -0.269 e. The van der Waals surface area contributed by atoms with Crippen molar-refractivity contribution < 1.29 is 8.42 Å². The molecule has 0 amide bonds. The number of nitrogens with zero attached hydrogens (tertiary/aromatic N) is 3. The number of hydrogen-bond acceptors (Lipinski definition) is 5. The van der Waals surface area contributed by atoms with Crippen LogP contribution in [0.4, 0.5) is 0 Å². The maximum atomic E-state index is 12.0. The molecule has 0 saturated carbocycles. The molecule has 0 fully saturated rings. The SMILES string of the molecule is Cc1ccn2c(=O)cc(CS(=O)(=O)CCCCC#N)nc2c1. The molecule has 0 aliphatic heterocycles. The van der Waals surface area contributed by atoms with Crippen molar-refractivity contribution >= 4 is 15.5 Å². The molecule has 0 N–H and O–H groups in total.